The van der Waals surface area contributed by atoms with Gasteiger partial charge in [0, 0.05) is 0 Å². The van der Waals surface area contributed by atoms with Crippen molar-refractivity contribution < 1.29 is 38.0 Å². The lowest BCUT2D eigenvalue weighted by atomic mass is 10.1. The summed E-state index contributed by atoms with van der Waals surface area (Å²) in [6.07, 6.45) is 1.48. The second kappa shape index (κ2) is 17.2. The quantitative estimate of drug-likeness (QED) is 0.0970. The van der Waals surface area contributed by atoms with Crippen LogP contribution in [0.2, 0.25) is 0 Å². The molecule has 3 aromatic rings. The molecule has 0 N–H and O–H groups in total. The maximum Gasteiger partial charge on any atom is 0.343 e. The average Bonchev–Trinajstić information content (AvgIpc) is 2.97. The van der Waals surface area contributed by atoms with Gasteiger partial charge in [-0.3, -0.25) is 4.79 Å². The molecule has 0 aliphatic heterocycles. The predicted octanol–water partition coefficient (Wildman–Crippen LogP) is 5.24. The molecule has 0 heterocycles. The van der Waals surface area contributed by atoms with Crippen molar-refractivity contribution in [2.75, 3.05) is 59.1 Å². The fourth-order valence-corrected chi connectivity index (χ4v) is 3.94. The van der Waals surface area contributed by atoms with Crippen molar-refractivity contribution in [2.45, 2.75) is 6.92 Å². The minimum atomic E-state index is -0.446. The van der Waals surface area contributed by atoms with Crippen molar-refractivity contribution in [2.24, 2.45) is 0 Å². The van der Waals surface area contributed by atoms with Gasteiger partial charge in [-0.05, 0) is 65.8 Å². The highest BCUT2D eigenvalue weighted by atomic mass is 31.1. The third kappa shape index (κ3) is 11.1. The summed E-state index contributed by atoms with van der Waals surface area (Å²) in [6, 6.07) is 21.9. The molecule has 8 nitrogen and oxygen atoms in total. The molecule has 3 aromatic carbocycles. The van der Waals surface area contributed by atoms with Crippen molar-refractivity contribution in [1.82, 2.24) is 0 Å². The van der Waals surface area contributed by atoms with Gasteiger partial charge in [-0.1, -0.05) is 31.2 Å². The van der Waals surface area contributed by atoms with E-state index in [1.54, 1.807) is 43.5 Å². The maximum atomic E-state index is 12.5. The Kier molecular flexibility index (Phi) is 13.3. The smallest absolute Gasteiger partial charge is 0.343 e. The Balaban J connectivity index is 1.29. The third-order valence-corrected chi connectivity index (χ3v) is 6.50. The number of carbonyl (C=O) groups is 2. The summed E-state index contributed by atoms with van der Waals surface area (Å²) in [5, 5.41) is 0. The number of hydrogen-bond donors (Lipinski definition) is 0. The minimum Gasteiger partial charge on any atom is -0.497 e. The van der Waals surface area contributed by atoms with E-state index in [0.29, 0.717) is 64.8 Å². The van der Waals surface area contributed by atoms with E-state index in [4.69, 9.17) is 28.4 Å². The summed E-state index contributed by atoms with van der Waals surface area (Å²) >= 11 is 0. The van der Waals surface area contributed by atoms with Gasteiger partial charge in [0.25, 0.3) is 0 Å². The van der Waals surface area contributed by atoms with Gasteiger partial charge in [-0.15, -0.1) is 8.58 Å². The molecule has 0 aliphatic rings. The molecule has 0 saturated carbocycles. The summed E-state index contributed by atoms with van der Waals surface area (Å²) in [5.74, 6) is 1.27. The highest BCUT2D eigenvalue weighted by Crippen LogP contribution is 2.25. The van der Waals surface area contributed by atoms with Gasteiger partial charge in [-0.2, -0.15) is 0 Å². The van der Waals surface area contributed by atoms with E-state index in [9.17, 15) is 9.59 Å². The van der Waals surface area contributed by atoms with E-state index in [1.165, 1.54) is 0 Å². The summed E-state index contributed by atoms with van der Waals surface area (Å²) in [4.78, 5) is 23.9. The number of methoxy groups -OCH3 is 1. The summed E-state index contributed by atoms with van der Waals surface area (Å²) < 4.78 is 32.3. The van der Waals surface area contributed by atoms with Crippen LogP contribution in [0, 0.1) is 0 Å². The van der Waals surface area contributed by atoms with Gasteiger partial charge < -0.3 is 28.4 Å². The van der Waals surface area contributed by atoms with Crippen molar-refractivity contribution in [3.8, 4) is 28.4 Å². The fourth-order valence-electron chi connectivity index (χ4n) is 3.39. The SMILES string of the molecule is CCPCC(=O)OCCOCCOCCOc1ccc(C(=O)Oc2ccc(-c3ccc(OC)cc3)cc2)cc1. The van der Waals surface area contributed by atoms with Gasteiger partial charge in [-0.25, -0.2) is 4.79 Å². The lowest BCUT2D eigenvalue weighted by molar-refractivity contribution is -0.142. The second-order valence-electron chi connectivity index (χ2n) is 8.24. The maximum absolute atomic E-state index is 12.5. The van der Waals surface area contributed by atoms with Crippen LogP contribution in [0.5, 0.6) is 17.2 Å². The highest BCUT2D eigenvalue weighted by molar-refractivity contribution is 7.39. The minimum absolute atomic E-state index is 0.173. The van der Waals surface area contributed by atoms with Crippen LogP contribution in [0.1, 0.15) is 17.3 Å². The molecule has 1 atom stereocenters. The Morgan fingerprint density at radius 3 is 1.79 bits per heavy atom. The van der Waals surface area contributed by atoms with Crippen LogP contribution in [-0.4, -0.2) is 71.0 Å². The van der Waals surface area contributed by atoms with Gasteiger partial charge >= 0.3 is 11.9 Å². The Hall–Kier alpha value is -3.45. The topological polar surface area (TPSA) is 89.5 Å². The molecular weight excluding hydrogens is 519 g/mol. The molecule has 0 radical (unpaired) electrons. The summed E-state index contributed by atoms with van der Waals surface area (Å²) in [6.45, 7) is 4.24. The number of benzene rings is 3. The van der Waals surface area contributed by atoms with E-state index in [-0.39, 0.29) is 12.6 Å². The van der Waals surface area contributed by atoms with Crippen LogP contribution in [0.25, 0.3) is 11.1 Å². The second-order valence-corrected chi connectivity index (χ2v) is 9.80. The molecule has 0 bridgehead atoms. The number of ether oxygens (including phenoxy) is 6. The first-order chi connectivity index (χ1) is 19.1. The Morgan fingerprint density at radius 2 is 1.21 bits per heavy atom. The van der Waals surface area contributed by atoms with Gasteiger partial charge in [0.15, 0.2) is 0 Å². The van der Waals surface area contributed by atoms with Crippen LogP contribution in [0.3, 0.4) is 0 Å². The zero-order valence-electron chi connectivity index (χ0n) is 22.4. The lowest BCUT2D eigenvalue weighted by Crippen LogP contribution is -2.15. The zero-order valence-corrected chi connectivity index (χ0v) is 23.4. The molecular formula is C30H35O8P. The molecule has 0 aromatic heterocycles. The number of rotatable bonds is 17. The van der Waals surface area contributed by atoms with Crippen LogP contribution in [0.15, 0.2) is 72.8 Å². The number of hydrogen-bond acceptors (Lipinski definition) is 8. The molecule has 1 unspecified atom stereocenters. The van der Waals surface area contributed by atoms with Gasteiger partial charge in [0.2, 0.25) is 0 Å². The van der Waals surface area contributed by atoms with Crippen molar-refractivity contribution in [1.29, 1.82) is 0 Å². The van der Waals surface area contributed by atoms with E-state index in [2.05, 4.69) is 0 Å². The van der Waals surface area contributed by atoms with Gasteiger partial charge in [0.1, 0.15) is 30.5 Å². The first-order valence-electron chi connectivity index (χ1n) is 12.8. The molecule has 0 fully saturated rings. The molecule has 208 valence electrons. The lowest BCUT2D eigenvalue weighted by Gasteiger charge is -2.09. The van der Waals surface area contributed by atoms with Gasteiger partial charge in [0.05, 0.1) is 45.3 Å². The molecule has 0 spiro atoms. The van der Waals surface area contributed by atoms with Crippen LogP contribution in [-0.2, 0) is 19.0 Å². The molecule has 0 aliphatic carbocycles. The Morgan fingerprint density at radius 1 is 0.667 bits per heavy atom. The Bertz CT molecular complexity index is 1130. The number of esters is 2. The van der Waals surface area contributed by atoms with Crippen molar-refractivity contribution >= 4 is 20.5 Å². The fraction of sp³-hybridized carbons (Fsp3) is 0.333. The van der Waals surface area contributed by atoms with Crippen molar-refractivity contribution in [3.63, 3.8) is 0 Å². The number of carbonyl (C=O) groups excluding carboxylic acids is 2. The summed E-state index contributed by atoms with van der Waals surface area (Å²) in [5.41, 5.74) is 2.48. The highest BCUT2D eigenvalue weighted by Gasteiger charge is 2.09. The van der Waals surface area contributed by atoms with Crippen molar-refractivity contribution in [3.05, 3.63) is 78.4 Å². The Labute approximate surface area is 231 Å². The largest absolute Gasteiger partial charge is 0.497 e. The van der Waals surface area contributed by atoms with E-state index in [1.807, 2.05) is 43.3 Å². The summed E-state index contributed by atoms with van der Waals surface area (Å²) in [7, 11) is 2.25. The predicted molar refractivity (Wildman–Crippen MR) is 152 cm³/mol. The normalized spacial score (nSPS) is 10.9. The van der Waals surface area contributed by atoms with Crippen LogP contribution < -0.4 is 14.2 Å². The van der Waals surface area contributed by atoms with Crippen LogP contribution in [0.4, 0.5) is 0 Å². The molecule has 3 rings (SSSR count). The average molecular weight is 555 g/mol. The van der Waals surface area contributed by atoms with E-state index >= 15 is 0 Å². The third-order valence-electron chi connectivity index (χ3n) is 5.46. The first kappa shape index (κ1) is 30.1. The molecule has 0 saturated heterocycles. The first-order valence-corrected chi connectivity index (χ1v) is 14.2. The molecule has 9 heteroatoms. The molecule has 0 amide bonds. The van der Waals surface area contributed by atoms with Crippen LogP contribution >= 0.6 is 8.58 Å². The zero-order chi connectivity index (χ0) is 27.7. The van der Waals surface area contributed by atoms with E-state index < -0.39 is 5.97 Å². The van der Waals surface area contributed by atoms with E-state index in [0.717, 1.165) is 23.0 Å². The monoisotopic (exact) mass is 554 g/mol. The standard InChI is InChI=1S/C30H35O8P/c1-3-39-22-29(31)37-21-19-35-17-16-34-18-20-36-27-12-8-25(9-13-27)30(32)38-28-14-6-24(7-15-28)23-4-10-26(33-2)11-5-23/h4-15,39H,3,16-22H2,1-2H3. The molecule has 39 heavy (non-hydrogen) atoms.